The van der Waals surface area contributed by atoms with E-state index in [0.717, 1.165) is 13.0 Å². The molecule has 1 unspecified atom stereocenters. The van der Waals surface area contributed by atoms with Gasteiger partial charge >= 0.3 is 0 Å². The molecule has 0 fully saturated rings. The zero-order valence-electron chi connectivity index (χ0n) is 5.91. The fraction of sp³-hybridized carbons (Fsp3) is 0.857. The van der Waals surface area contributed by atoms with Gasteiger partial charge in [0.1, 0.15) is 0 Å². The van der Waals surface area contributed by atoms with Crippen molar-refractivity contribution < 1.29 is 0 Å². The SMILES string of the molecule is [CH2]C(CC)NCCC. The summed E-state index contributed by atoms with van der Waals surface area (Å²) in [4.78, 5) is 0. The summed E-state index contributed by atoms with van der Waals surface area (Å²) in [5, 5.41) is 3.27. The molecule has 0 aliphatic heterocycles. The number of hydrogen-bond donors (Lipinski definition) is 1. The van der Waals surface area contributed by atoms with E-state index in [1.807, 2.05) is 0 Å². The maximum atomic E-state index is 3.88. The molecule has 0 aliphatic carbocycles. The molecular weight excluding hydrogens is 98.1 g/mol. The summed E-state index contributed by atoms with van der Waals surface area (Å²) < 4.78 is 0. The van der Waals surface area contributed by atoms with Crippen LogP contribution in [0.2, 0.25) is 0 Å². The lowest BCUT2D eigenvalue weighted by Gasteiger charge is -2.08. The normalized spacial score (nSPS) is 13.9. The van der Waals surface area contributed by atoms with Gasteiger partial charge in [0.05, 0.1) is 0 Å². The van der Waals surface area contributed by atoms with Crippen molar-refractivity contribution in [2.45, 2.75) is 32.7 Å². The second-order valence-electron chi connectivity index (χ2n) is 2.06. The van der Waals surface area contributed by atoms with Crippen LogP contribution in [0.4, 0.5) is 0 Å². The molecule has 0 aromatic heterocycles. The van der Waals surface area contributed by atoms with Crippen LogP contribution in [0, 0.1) is 6.92 Å². The average Bonchev–Trinajstić information content (AvgIpc) is 1.83. The Morgan fingerprint density at radius 2 is 2.12 bits per heavy atom. The van der Waals surface area contributed by atoms with Crippen LogP contribution in [-0.4, -0.2) is 12.6 Å². The third kappa shape index (κ3) is 4.13. The first-order chi connectivity index (χ1) is 3.81. The van der Waals surface area contributed by atoms with E-state index < -0.39 is 0 Å². The van der Waals surface area contributed by atoms with E-state index in [4.69, 9.17) is 0 Å². The van der Waals surface area contributed by atoms with Gasteiger partial charge in [0, 0.05) is 6.04 Å². The standard InChI is InChI=1S/C7H16N/c1-4-6-8-7(3)5-2/h7-8H,3-6H2,1-2H3. The van der Waals surface area contributed by atoms with E-state index in [0.29, 0.717) is 6.04 Å². The summed E-state index contributed by atoms with van der Waals surface area (Å²) in [6, 6.07) is 0.454. The van der Waals surface area contributed by atoms with Gasteiger partial charge in [-0.25, -0.2) is 0 Å². The van der Waals surface area contributed by atoms with Gasteiger partial charge in [-0.05, 0) is 26.3 Å². The summed E-state index contributed by atoms with van der Waals surface area (Å²) >= 11 is 0. The Kier molecular flexibility index (Phi) is 5.08. The van der Waals surface area contributed by atoms with Crippen LogP contribution in [0.25, 0.3) is 0 Å². The molecular formula is C7H16N. The fourth-order valence-electron chi connectivity index (χ4n) is 0.493. The molecule has 0 amide bonds. The van der Waals surface area contributed by atoms with E-state index in [9.17, 15) is 0 Å². The van der Waals surface area contributed by atoms with E-state index in [2.05, 4.69) is 26.1 Å². The third-order valence-corrected chi connectivity index (χ3v) is 1.18. The van der Waals surface area contributed by atoms with Crippen molar-refractivity contribution in [3.05, 3.63) is 6.92 Å². The Bertz CT molecular complexity index is 43.7. The van der Waals surface area contributed by atoms with Gasteiger partial charge in [-0.15, -0.1) is 0 Å². The molecule has 0 saturated heterocycles. The first-order valence-corrected chi connectivity index (χ1v) is 3.37. The highest BCUT2D eigenvalue weighted by Crippen LogP contribution is 1.85. The van der Waals surface area contributed by atoms with Crippen LogP contribution in [0.1, 0.15) is 26.7 Å². The largest absolute Gasteiger partial charge is 0.314 e. The van der Waals surface area contributed by atoms with Gasteiger partial charge in [-0.3, -0.25) is 0 Å². The molecule has 0 saturated carbocycles. The van der Waals surface area contributed by atoms with E-state index >= 15 is 0 Å². The van der Waals surface area contributed by atoms with Gasteiger partial charge in [-0.2, -0.15) is 0 Å². The van der Waals surface area contributed by atoms with Gasteiger partial charge < -0.3 is 5.32 Å². The predicted octanol–water partition coefficient (Wildman–Crippen LogP) is 1.60. The lowest BCUT2D eigenvalue weighted by Crippen LogP contribution is -2.25. The van der Waals surface area contributed by atoms with Crippen LogP contribution < -0.4 is 5.32 Å². The monoisotopic (exact) mass is 114 g/mol. The highest BCUT2D eigenvalue weighted by Gasteiger charge is 1.92. The Morgan fingerprint density at radius 1 is 1.50 bits per heavy atom. The molecule has 1 heteroatoms. The zero-order valence-corrected chi connectivity index (χ0v) is 5.91. The van der Waals surface area contributed by atoms with Crippen LogP contribution in [0.3, 0.4) is 0 Å². The highest BCUT2D eigenvalue weighted by atomic mass is 14.9. The summed E-state index contributed by atoms with van der Waals surface area (Å²) in [5.41, 5.74) is 0. The Labute approximate surface area is 52.5 Å². The third-order valence-electron chi connectivity index (χ3n) is 1.18. The molecule has 0 spiro atoms. The van der Waals surface area contributed by atoms with Crippen molar-refractivity contribution in [2.24, 2.45) is 0 Å². The minimum atomic E-state index is 0.454. The lowest BCUT2D eigenvalue weighted by atomic mass is 10.2. The Balaban J connectivity index is 2.86. The zero-order chi connectivity index (χ0) is 6.41. The molecule has 0 rings (SSSR count). The number of hydrogen-bond acceptors (Lipinski definition) is 1. The van der Waals surface area contributed by atoms with Gasteiger partial charge in [0.25, 0.3) is 0 Å². The molecule has 0 aliphatic rings. The first kappa shape index (κ1) is 7.96. The summed E-state index contributed by atoms with van der Waals surface area (Å²) in [5.74, 6) is 0. The molecule has 8 heavy (non-hydrogen) atoms. The van der Waals surface area contributed by atoms with Crippen molar-refractivity contribution in [3.8, 4) is 0 Å². The molecule has 1 N–H and O–H groups in total. The molecule has 1 atom stereocenters. The predicted molar refractivity (Wildman–Crippen MR) is 37.7 cm³/mol. The quantitative estimate of drug-likeness (QED) is 0.585. The Hall–Kier alpha value is -0.0400. The van der Waals surface area contributed by atoms with E-state index in [1.165, 1.54) is 6.42 Å². The van der Waals surface area contributed by atoms with Crippen LogP contribution in [0.5, 0.6) is 0 Å². The van der Waals surface area contributed by atoms with Crippen molar-refractivity contribution in [2.75, 3.05) is 6.54 Å². The fourth-order valence-corrected chi connectivity index (χ4v) is 0.493. The minimum absolute atomic E-state index is 0.454. The summed E-state index contributed by atoms with van der Waals surface area (Å²) in [7, 11) is 0. The maximum absolute atomic E-state index is 3.88. The van der Waals surface area contributed by atoms with Crippen LogP contribution >= 0.6 is 0 Å². The molecule has 0 aromatic rings. The summed E-state index contributed by atoms with van der Waals surface area (Å²) in [6.07, 6.45) is 2.33. The highest BCUT2D eigenvalue weighted by molar-refractivity contribution is 4.64. The van der Waals surface area contributed by atoms with Gasteiger partial charge in [0.15, 0.2) is 0 Å². The molecule has 1 nitrogen and oxygen atoms in total. The topological polar surface area (TPSA) is 12.0 Å². The lowest BCUT2D eigenvalue weighted by molar-refractivity contribution is 0.571. The van der Waals surface area contributed by atoms with Crippen LogP contribution in [-0.2, 0) is 0 Å². The van der Waals surface area contributed by atoms with Crippen molar-refractivity contribution >= 4 is 0 Å². The van der Waals surface area contributed by atoms with Crippen LogP contribution in [0.15, 0.2) is 0 Å². The smallest absolute Gasteiger partial charge is 0.00650 e. The maximum Gasteiger partial charge on any atom is 0.00650 e. The first-order valence-electron chi connectivity index (χ1n) is 3.37. The van der Waals surface area contributed by atoms with Crippen molar-refractivity contribution in [1.82, 2.24) is 5.32 Å². The average molecular weight is 114 g/mol. The van der Waals surface area contributed by atoms with Gasteiger partial charge in [-0.1, -0.05) is 13.8 Å². The van der Waals surface area contributed by atoms with Crippen molar-refractivity contribution in [3.63, 3.8) is 0 Å². The Morgan fingerprint density at radius 3 is 2.50 bits per heavy atom. The second kappa shape index (κ2) is 5.10. The molecule has 0 aromatic carbocycles. The van der Waals surface area contributed by atoms with E-state index in [1.54, 1.807) is 0 Å². The molecule has 0 bridgehead atoms. The van der Waals surface area contributed by atoms with E-state index in [-0.39, 0.29) is 0 Å². The number of rotatable bonds is 4. The summed E-state index contributed by atoms with van der Waals surface area (Å²) in [6.45, 7) is 9.28. The molecule has 0 heterocycles. The molecule has 49 valence electrons. The second-order valence-corrected chi connectivity index (χ2v) is 2.06. The number of nitrogens with one attached hydrogen (secondary N) is 1. The molecule has 1 radical (unpaired) electrons. The minimum Gasteiger partial charge on any atom is -0.314 e. The van der Waals surface area contributed by atoms with Gasteiger partial charge in [0.2, 0.25) is 0 Å². The van der Waals surface area contributed by atoms with Crippen molar-refractivity contribution in [1.29, 1.82) is 0 Å².